The number of nitro groups is 1. The average Bonchev–Trinajstić information content (AvgIpc) is 3.08. The van der Waals surface area contributed by atoms with E-state index in [9.17, 15) is 20.2 Å². The molecule has 1 atom stereocenters. The Labute approximate surface area is 159 Å². The standard InChI is InChI=1S/C20H15N3O5/c1-12(24)28-20(14-5-7-15(8-6-14)23(25)26)19-16(9-10-27-20)18-13(11-21)3-2-4-17(18)22-19/h2-8,22H,9-10H2,1H3. The smallest absolute Gasteiger partial charge is 0.305 e. The van der Waals surface area contributed by atoms with Crippen LogP contribution in [0, 0.1) is 21.4 Å². The molecule has 2 aromatic carbocycles. The maximum Gasteiger partial charge on any atom is 0.305 e. The molecule has 140 valence electrons. The number of esters is 1. The molecule has 2 heterocycles. The molecule has 0 fully saturated rings. The highest BCUT2D eigenvalue weighted by Crippen LogP contribution is 2.43. The average molecular weight is 377 g/mol. The van der Waals surface area contributed by atoms with E-state index in [1.807, 2.05) is 6.07 Å². The summed E-state index contributed by atoms with van der Waals surface area (Å²) in [4.78, 5) is 25.7. The van der Waals surface area contributed by atoms with Crippen molar-refractivity contribution in [2.45, 2.75) is 19.1 Å². The summed E-state index contributed by atoms with van der Waals surface area (Å²) in [5.41, 5.74) is 2.95. The number of benzene rings is 2. The zero-order chi connectivity index (χ0) is 19.9. The molecule has 0 saturated carbocycles. The summed E-state index contributed by atoms with van der Waals surface area (Å²) in [5.74, 6) is -2.13. The van der Waals surface area contributed by atoms with Gasteiger partial charge in [0.05, 0.1) is 28.9 Å². The number of non-ortho nitro benzene ring substituents is 1. The fourth-order valence-corrected chi connectivity index (χ4v) is 3.68. The van der Waals surface area contributed by atoms with Crippen LogP contribution in [0.5, 0.6) is 0 Å². The Balaban J connectivity index is 1.98. The molecule has 0 saturated heterocycles. The van der Waals surface area contributed by atoms with Crippen molar-refractivity contribution >= 4 is 22.6 Å². The number of nitro benzene ring substituents is 1. The lowest BCUT2D eigenvalue weighted by Gasteiger charge is -2.36. The molecule has 0 radical (unpaired) electrons. The third-order valence-electron chi connectivity index (χ3n) is 4.78. The number of carbonyl (C=O) groups is 1. The molecule has 0 spiro atoms. The zero-order valence-electron chi connectivity index (χ0n) is 14.9. The van der Waals surface area contributed by atoms with Crippen LogP contribution in [0.1, 0.15) is 29.3 Å². The van der Waals surface area contributed by atoms with E-state index in [0.29, 0.717) is 23.2 Å². The Morgan fingerprint density at radius 2 is 2.07 bits per heavy atom. The number of aromatic amines is 1. The topological polar surface area (TPSA) is 118 Å². The predicted octanol–water partition coefficient (Wildman–Crippen LogP) is 3.28. The van der Waals surface area contributed by atoms with Crippen molar-refractivity contribution in [1.82, 2.24) is 4.98 Å². The van der Waals surface area contributed by atoms with Gasteiger partial charge in [-0.25, -0.2) is 0 Å². The van der Waals surface area contributed by atoms with E-state index in [-0.39, 0.29) is 12.3 Å². The molecular formula is C20H15N3O5. The minimum Gasteiger partial charge on any atom is -0.422 e. The number of fused-ring (bicyclic) bond motifs is 3. The van der Waals surface area contributed by atoms with Crippen LogP contribution in [0.15, 0.2) is 42.5 Å². The third kappa shape index (κ3) is 2.61. The van der Waals surface area contributed by atoms with Crippen molar-refractivity contribution in [1.29, 1.82) is 5.26 Å². The second-order valence-electron chi connectivity index (χ2n) is 6.43. The number of ether oxygens (including phenoxy) is 2. The molecule has 4 rings (SSSR count). The van der Waals surface area contributed by atoms with Gasteiger partial charge in [-0.15, -0.1) is 0 Å². The first-order valence-corrected chi connectivity index (χ1v) is 8.59. The van der Waals surface area contributed by atoms with Crippen molar-refractivity contribution < 1.29 is 19.2 Å². The summed E-state index contributed by atoms with van der Waals surface area (Å²) in [6, 6.07) is 13.2. The Bertz CT molecular complexity index is 1140. The van der Waals surface area contributed by atoms with Crippen molar-refractivity contribution in [3.8, 4) is 6.07 Å². The highest BCUT2D eigenvalue weighted by atomic mass is 16.7. The molecule has 0 bridgehead atoms. The summed E-state index contributed by atoms with van der Waals surface area (Å²) in [7, 11) is 0. The van der Waals surface area contributed by atoms with Gasteiger partial charge < -0.3 is 14.5 Å². The second-order valence-corrected chi connectivity index (χ2v) is 6.43. The number of rotatable bonds is 3. The van der Waals surface area contributed by atoms with Crippen molar-refractivity contribution in [2.75, 3.05) is 6.61 Å². The molecule has 0 aliphatic carbocycles. The Hall–Kier alpha value is -3.70. The molecule has 1 aliphatic rings. The van der Waals surface area contributed by atoms with Gasteiger partial charge in [0.2, 0.25) is 0 Å². The Kier molecular flexibility index (Phi) is 4.09. The van der Waals surface area contributed by atoms with E-state index in [1.165, 1.54) is 31.2 Å². The highest BCUT2D eigenvalue weighted by Gasteiger charge is 2.46. The van der Waals surface area contributed by atoms with E-state index in [4.69, 9.17) is 9.47 Å². The number of nitriles is 1. The van der Waals surface area contributed by atoms with Crippen LogP contribution in [0.2, 0.25) is 0 Å². The zero-order valence-corrected chi connectivity index (χ0v) is 14.9. The lowest BCUT2D eigenvalue weighted by atomic mass is 9.93. The van der Waals surface area contributed by atoms with Crippen molar-refractivity contribution in [2.24, 2.45) is 0 Å². The van der Waals surface area contributed by atoms with Crippen LogP contribution in [0.25, 0.3) is 10.9 Å². The third-order valence-corrected chi connectivity index (χ3v) is 4.78. The Morgan fingerprint density at radius 1 is 1.32 bits per heavy atom. The molecule has 28 heavy (non-hydrogen) atoms. The van der Waals surface area contributed by atoms with E-state index in [0.717, 1.165) is 16.5 Å². The van der Waals surface area contributed by atoms with Gasteiger partial charge in [0, 0.05) is 35.5 Å². The van der Waals surface area contributed by atoms with Gasteiger partial charge in [0.25, 0.3) is 11.5 Å². The summed E-state index contributed by atoms with van der Waals surface area (Å²) >= 11 is 0. The molecule has 3 aromatic rings. The van der Waals surface area contributed by atoms with E-state index >= 15 is 0 Å². The van der Waals surface area contributed by atoms with Crippen molar-refractivity contribution in [3.63, 3.8) is 0 Å². The minimum atomic E-state index is -1.57. The monoisotopic (exact) mass is 377 g/mol. The summed E-state index contributed by atoms with van der Waals surface area (Å²) in [5, 5.41) is 21.2. The van der Waals surface area contributed by atoms with Gasteiger partial charge in [-0.2, -0.15) is 5.26 Å². The van der Waals surface area contributed by atoms with Crippen LogP contribution in [0.4, 0.5) is 5.69 Å². The Morgan fingerprint density at radius 3 is 2.71 bits per heavy atom. The van der Waals surface area contributed by atoms with Gasteiger partial charge in [0.15, 0.2) is 0 Å². The van der Waals surface area contributed by atoms with Gasteiger partial charge in [-0.05, 0) is 36.2 Å². The minimum absolute atomic E-state index is 0.0822. The fraction of sp³-hybridized carbons (Fsp3) is 0.200. The first kappa shape index (κ1) is 17.7. The van der Waals surface area contributed by atoms with Crippen LogP contribution in [0.3, 0.4) is 0 Å². The van der Waals surface area contributed by atoms with Crippen LogP contribution >= 0.6 is 0 Å². The first-order valence-electron chi connectivity index (χ1n) is 8.59. The van der Waals surface area contributed by atoms with E-state index < -0.39 is 16.7 Å². The molecule has 8 nitrogen and oxygen atoms in total. The van der Waals surface area contributed by atoms with E-state index in [2.05, 4.69) is 11.1 Å². The SMILES string of the molecule is CC(=O)OC1(c2ccc([N+](=O)[O-])cc2)OCCc2c1[nH]c1cccc(C#N)c21. The normalized spacial score (nSPS) is 18.3. The first-order chi connectivity index (χ1) is 13.5. The largest absolute Gasteiger partial charge is 0.422 e. The van der Waals surface area contributed by atoms with Gasteiger partial charge in [-0.3, -0.25) is 14.9 Å². The highest BCUT2D eigenvalue weighted by molar-refractivity contribution is 5.90. The number of H-pyrrole nitrogens is 1. The van der Waals surface area contributed by atoms with E-state index in [1.54, 1.807) is 12.1 Å². The number of nitrogens with zero attached hydrogens (tertiary/aromatic N) is 2. The molecule has 8 heteroatoms. The molecule has 0 amide bonds. The predicted molar refractivity (Wildman–Crippen MR) is 98.3 cm³/mol. The van der Waals surface area contributed by atoms with Crippen LogP contribution in [-0.2, 0) is 26.5 Å². The van der Waals surface area contributed by atoms with Crippen LogP contribution in [-0.4, -0.2) is 22.5 Å². The summed E-state index contributed by atoms with van der Waals surface area (Å²) in [6.45, 7) is 1.53. The van der Waals surface area contributed by atoms with Crippen LogP contribution < -0.4 is 0 Å². The molecular weight excluding hydrogens is 362 g/mol. The van der Waals surface area contributed by atoms with Gasteiger partial charge >= 0.3 is 5.97 Å². The maximum atomic E-state index is 11.9. The van der Waals surface area contributed by atoms with Gasteiger partial charge in [0.1, 0.15) is 0 Å². The molecule has 1 aromatic heterocycles. The van der Waals surface area contributed by atoms with Crippen molar-refractivity contribution in [3.05, 3.63) is 75.0 Å². The molecule has 1 N–H and O–H groups in total. The second kappa shape index (κ2) is 6.48. The number of nitrogens with one attached hydrogen (secondary N) is 1. The number of hydrogen-bond donors (Lipinski definition) is 1. The maximum absolute atomic E-state index is 11.9. The molecule has 1 aliphatic heterocycles. The van der Waals surface area contributed by atoms with Gasteiger partial charge in [-0.1, -0.05) is 6.07 Å². The fourth-order valence-electron chi connectivity index (χ4n) is 3.68. The quantitative estimate of drug-likeness (QED) is 0.425. The summed E-state index contributed by atoms with van der Waals surface area (Å²) < 4.78 is 11.6. The molecule has 1 unspecified atom stereocenters. The number of aromatic nitrogens is 1. The number of hydrogen-bond acceptors (Lipinski definition) is 6. The lowest BCUT2D eigenvalue weighted by molar-refractivity contribution is -0.384. The summed E-state index contributed by atoms with van der Waals surface area (Å²) in [6.07, 6.45) is 0.532. The number of carbonyl (C=O) groups excluding carboxylic acids is 1. The lowest BCUT2D eigenvalue weighted by Crippen LogP contribution is -2.40.